The molecule has 0 aliphatic rings. The second kappa shape index (κ2) is 7.59. The SMILES string of the molecule is CCSCCCNc1ccc(C#N)cc1Br. The van der Waals surface area contributed by atoms with Crippen molar-refractivity contribution in [1.29, 1.82) is 5.26 Å². The van der Waals surface area contributed by atoms with E-state index in [9.17, 15) is 0 Å². The average Bonchev–Trinajstić information content (AvgIpc) is 2.30. The van der Waals surface area contributed by atoms with E-state index in [4.69, 9.17) is 5.26 Å². The highest BCUT2D eigenvalue weighted by atomic mass is 79.9. The Hall–Kier alpha value is -0.660. The molecule has 1 aromatic rings. The summed E-state index contributed by atoms with van der Waals surface area (Å²) in [6, 6.07) is 7.72. The molecule has 0 aliphatic carbocycles. The zero-order valence-electron chi connectivity index (χ0n) is 9.29. The maximum atomic E-state index is 8.73. The zero-order valence-corrected chi connectivity index (χ0v) is 11.7. The largest absolute Gasteiger partial charge is 0.384 e. The molecular formula is C12H15BrN2S. The molecule has 16 heavy (non-hydrogen) atoms. The third-order valence-electron chi connectivity index (χ3n) is 2.08. The van der Waals surface area contributed by atoms with E-state index >= 15 is 0 Å². The highest BCUT2D eigenvalue weighted by Crippen LogP contribution is 2.23. The predicted octanol–water partition coefficient (Wildman–Crippen LogP) is 3.88. The molecule has 0 unspecified atom stereocenters. The van der Waals surface area contributed by atoms with Crippen LogP contribution >= 0.6 is 27.7 Å². The van der Waals surface area contributed by atoms with Gasteiger partial charge in [-0.3, -0.25) is 0 Å². The summed E-state index contributed by atoms with van der Waals surface area (Å²) in [5.74, 6) is 2.37. The van der Waals surface area contributed by atoms with Crippen molar-refractivity contribution in [2.45, 2.75) is 13.3 Å². The van der Waals surface area contributed by atoms with Gasteiger partial charge in [-0.1, -0.05) is 6.92 Å². The molecule has 0 saturated carbocycles. The Morgan fingerprint density at radius 2 is 2.31 bits per heavy atom. The van der Waals surface area contributed by atoms with Crippen LogP contribution in [0.4, 0.5) is 5.69 Å². The lowest BCUT2D eigenvalue weighted by Crippen LogP contribution is -2.03. The topological polar surface area (TPSA) is 35.8 Å². The first-order chi connectivity index (χ1) is 7.77. The molecule has 1 aromatic carbocycles. The van der Waals surface area contributed by atoms with Gasteiger partial charge in [0.2, 0.25) is 0 Å². The molecule has 0 aliphatic heterocycles. The Morgan fingerprint density at radius 3 is 2.94 bits per heavy atom. The lowest BCUT2D eigenvalue weighted by atomic mass is 10.2. The van der Waals surface area contributed by atoms with Crippen molar-refractivity contribution in [3.63, 3.8) is 0 Å². The first kappa shape index (κ1) is 13.4. The lowest BCUT2D eigenvalue weighted by Gasteiger charge is -2.08. The third-order valence-corrected chi connectivity index (χ3v) is 3.72. The highest BCUT2D eigenvalue weighted by Gasteiger charge is 2.00. The predicted molar refractivity (Wildman–Crippen MR) is 75.0 cm³/mol. The van der Waals surface area contributed by atoms with Crippen LogP contribution in [-0.4, -0.2) is 18.1 Å². The molecule has 0 heterocycles. The molecule has 4 heteroatoms. The summed E-state index contributed by atoms with van der Waals surface area (Å²) < 4.78 is 0.953. The molecular weight excluding hydrogens is 284 g/mol. The number of benzene rings is 1. The number of hydrogen-bond acceptors (Lipinski definition) is 3. The van der Waals surface area contributed by atoms with E-state index in [0.717, 1.165) is 23.1 Å². The molecule has 86 valence electrons. The fourth-order valence-electron chi connectivity index (χ4n) is 1.27. The van der Waals surface area contributed by atoms with E-state index in [0.29, 0.717) is 5.56 Å². The highest BCUT2D eigenvalue weighted by molar-refractivity contribution is 9.10. The fourth-order valence-corrected chi connectivity index (χ4v) is 2.43. The van der Waals surface area contributed by atoms with Crippen LogP contribution in [0.1, 0.15) is 18.9 Å². The Balaban J connectivity index is 2.40. The summed E-state index contributed by atoms with van der Waals surface area (Å²) in [6.07, 6.45) is 1.16. The fraction of sp³-hybridized carbons (Fsp3) is 0.417. The van der Waals surface area contributed by atoms with Crippen molar-refractivity contribution in [1.82, 2.24) is 0 Å². The van der Waals surface area contributed by atoms with Crippen molar-refractivity contribution in [2.75, 3.05) is 23.4 Å². The smallest absolute Gasteiger partial charge is 0.0992 e. The van der Waals surface area contributed by atoms with Crippen molar-refractivity contribution in [2.24, 2.45) is 0 Å². The number of thioether (sulfide) groups is 1. The van der Waals surface area contributed by atoms with Crippen molar-refractivity contribution >= 4 is 33.4 Å². The normalized spacial score (nSPS) is 9.81. The molecule has 2 nitrogen and oxygen atoms in total. The van der Waals surface area contributed by atoms with Gasteiger partial charge in [-0.05, 0) is 52.1 Å². The third kappa shape index (κ3) is 4.46. The Kier molecular flexibility index (Phi) is 6.36. The van der Waals surface area contributed by atoms with E-state index in [1.165, 1.54) is 11.5 Å². The van der Waals surface area contributed by atoms with Crippen LogP contribution < -0.4 is 5.32 Å². The van der Waals surface area contributed by atoms with Gasteiger partial charge >= 0.3 is 0 Å². The van der Waals surface area contributed by atoms with E-state index < -0.39 is 0 Å². The first-order valence-corrected chi connectivity index (χ1v) is 7.24. The number of anilines is 1. The molecule has 0 aromatic heterocycles. The summed E-state index contributed by atoms with van der Waals surface area (Å²) in [5.41, 5.74) is 1.74. The molecule has 0 atom stereocenters. The van der Waals surface area contributed by atoms with Crippen molar-refractivity contribution in [3.05, 3.63) is 28.2 Å². The van der Waals surface area contributed by atoms with E-state index in [1.807, 2.05) is 30.0 Å². The van der Waals surface area contributed by atoms with Crippen LogP contribution in [0.5, 0.6) is 0 Å². The molecule has 0 amide bonds. The molecule has 0 spiro atoms. The van der Waals surface area contributed by atoms with Crippen LogP contribution in [0.25, 0.3) is 0 Å². The summed E-state index contributed by atoms with van der Waals surface area (Å²) in [4.78, 5) is 0. The maximum absolute atomic E-state index is 8.73. The minimum Gasteiger partial charge on any atom is -0.384 e. The van der Waals surface area contributed by atoms with E-state index in [2.05, 4.69) is 34.2 Å². The van der Waals surface area contributed by atoms with Gasteiger partial charge in [0.15, 0.2) is 0 Å². The van der Waals surface area contributed by atoms with E-state index in [1.54, 1.807) is 0 Å². The molecule has 0 bridgehead atoms. The monoisotopic (exact) mass is 298 g/mol. The van der Waals surface area contributed by atoms with Gasteiger partial charge in [0.1, 0.15) is 0 Å². The Morgan fingerprint density at radius 1 is 1.50 bits per heavy atom. The summed E-state index contributed by atoms with van der Waals surface area (Å²) in [6.45, 7) is 3.15. The van der Waals surface area contributed by atoms with Crippen LogP contribution in [0, 0.1) is 11.3 Å². The maximum Gasteiger partial charge on any atom is 0.0992 e. The van der Waals surface area contributed by atoms with Gasteiger partial charge < -0.3 is 5.32 Å². The average molecular weight is 299 g/mol. The van der Waals surface area contributed by atoms with Crippen molar-refractivity contribution < 1.29 is 0 Å². The summed E-state index contributed by atoms with van der Waals surface area (Å²) in [5, 5.41) is 12.1. The number of halogens is 1. The molecule has 0 radical (unpaired) electrons. The van der Waals surface area contributed by atoms with Gasteiger partial charge in [-0.15, -0.1) is 0 Å². The summed E-state index contributed by atoms with van der Waals surface area (Å²) in [7, 11) is 0. The minimum atomic E-state index is 0.680. The van der Waals surface area contributed by atoms with Gasteiger partial charge in [0.25, 0.3) is 0 Å². The molecule has 0 saturated heterocycles. The van der Waals surface area contributed by atoms with Crippen LogP contribution in [0.3, 0.4) is 0 Å². The van der Waals surface area contributed by atoms with Gasteiger partial charge in [-0.25, -0.2) is 0 Å². The number of hydrogen-bond donors (Lipinski definition) is 1. The molecule has 1 rings (SSSR count). The zero-order chi connectivity index (χ0) is 11.8. The Labute approximate surface area is 110 Å². The quantitative estimate of drug-likeness (QED) is 0.810. The van der Waals surface area contributed by atoms with Crippen LogP contribution in [-0.2, 0) is 0 Å². The number of rotatable bonds is 6. The van der Waals surface area contributed by atoms with Gasteiger partial charge in [0, 0.05) is 16.7 Å². The van der Waals surface area contributed by atoms with Gasteiger partial charge in [0.05, 0.1) is 11.6 Å². The standard InChI is InChI=1S/C12H15BrN2S/c1-2-16-7-3-6-15-12-5-4-10(9-14)8-11(12)13/h4-5,8,15H,2-3,6-7H2,1H3. The van der Waals surface area contributed by atoms with Crippen LogP contribution in [0.2, 0.25) is 0 Å². The summed E-state index contributed by atoms with van der Waals surface area (Å²) >= 11 is 5.41. The lowest BCUT2D eigenvalue weighted by molar-refractivity contribution is 0.990. The first-order valence-electron chi connectivity index (χ1n) is 5.29. The van der Waals surface area contributed by atoms with E-state index in [-0.39, 0.29) is 0 Å². The van der Waals surface area contributed by atoms with Crippen LogP contribution in [0.15, 0.2) is 22.7 Å². The van der Waals surface area contributed by atoms with Gasteiger partial charge in [-0.2, -0.15) is 17.0 Å². The second-order valence-electron chi connectivity index (χ2n) is 3.28. The molecule has 0 fully saturated rings. The Bertz CT molecular complexity index is 374. The minimum absolute atomic E-state index is 0.680. The number of nitrogens with zero attached hydrogens (tertiary/aromatic N) is 1. The molecule has 1 N–H and O–H groups in total. The second-order valence-corrected chi connectivity index (χ2v) is 5.53. The van der Waals surface area contributed by atoms with Crippen molar-refractivity contribution in [3.8, 4) is 6.07 Å². The number of nitriles is 1. The number of nitrogens with one attached hydrogen (secondary N) is 1.